The second-order valence-electron chi connectivity index (χ2n) is 8.26. The van der Waals surface area contributed by atoms with Crippen LogP contribution in [0.4, 0.5) is 32.0 Å². The molecule has 0 radical (unpaired) electrons. The lowest BCUT2D eigenvalue weighted by molar-refractivity contribution is -0.255. The summed E-state index contributed by atoms with van der Waals surface area (Å²) < 4.78 is 88.8. The van der Waals surface area contributed by atoms with Crippen LogP contribution in [-0.2, 0) is 11.8 Å². The number of hydrogen-bond donors (Lipinski definition) is 2. The zero-order chi connectivity index (χ0) is 25.8. The highest BCUT2D eigenvalue weighted by Gasteiger charge is 2.60. The van der Waals surface area contributed by atoms with Crippen molar-refractivity contribution in [2.24, 2.45) is 0 Å². The van der Waals surface area contributed by atoms with Crippen LogP contribution in [0.1, 0.15) is 59.9 Å². The first kappa shape index (κ1) is 24.5. The average Bonchev–Trinajstić information content (AvgIpc) is 3.27. The molecule has 1 aromatic carbocycles. The SMILES string of the molecule is CC1CCC(C#N)c2nc(c(N)cc2C(F)(F)F)-c2nnc(o2)C(O)(C(F)(F)F)c2cccc1c2. The van der Waals surface area contributed by atoms with Crippen LogP contribution in [0.25, 0.3) is 11.6 Å². The number of nitrogens with two attached hydrogens (primary N) is 1. The van der Waals surface area contributed by atoms with Crippen molar-refractivity contribution in [3.8, 4) is 17.7 Å². The molecule has 0 saturated carbocycles. The molecule has 13 heteroatoms. The minimum absolute atomic E-state index is 0.0834. The number of rotatable bonds is 0. The summed E-state index contributed by atoms with van der Waals surface area (Å²) >= 11 is 0. The fourth-order valence-electron chi connectivity index (χ4n) is 4.00. The van der Waals surface area contributed by atoms with Crippen LogP contribution in [0.15, 0.2) is 34.7 Å². The number of nitrogens with zero attached hydrogens (tertiary/aromatic N) is 4. The van der Waals surface area contributed by atoms with Gasteiger partial charge in [0.05, 0.1) is 28.9 Å². The van der Waals surface area contributed by atoms with Gasteiger partial charge < -0.3 is 15.3 Å². The van der Waals surface area contributed by atoms with Gasteiger partial charge in [-0.2, -0.15) is 31.6 Å². The molecule has 1 aliphatic heterocycles. The topological polar surface area (TPSA) is 122 Å². The monoisotopic (exact) mass is 497 g/mol. The number of pyridine rings is 1. The molecule has 3 unspecified atom stereocenters. The number of nitriles is 1. The number of benzene rings is 1. The first-order valence-electron chi connectivity index (χ1n) is 10.3. The zero-order valence-electron chi connectivity index (χ0n) is 17.9. The van der Waals surface area contributed by atoms with Crippen molar-refractivity contribution in [3.05, 3.63) is 58.6 Å². The minimum atomic E-state index is -5.30. The van der Waals surface area contributed by atoms with E-state index in [0.717, 1.165) is 12.1 Å². The van der Waals surface area contributed by atoms with Gasteiger partial charge in [0.15, 0.2) is 5.69 Å². The van der Waals surface area contributed by atoms with E-state index >= 15 is 0 Å². The molecule has 0 spiro atoms. The lowest BCUT2D eigenvalue weighted by Crippen LogP contribution is -2.43. The van der Waals surface area contributed by atoms with E-state index in [1.165, 1.54) is 12.1 Å². The number of nitrogen functional groups attached to an aromatic ring is 1. The maximum atomic E-state index is 14.2. The van der Waals surface area contributed by atoms with Gasteiger partial charge in [-0.1, -0.05) is 31.2 Å². The van der Waals surface area contributed by atoms with Crippen LogP contribution in [-0.4, -0.2) is 26.5 Å². The highest BCUT2D eigenvalue weighted by molar-refractivity contribution is 5.68. The molecule has 0 saturated heterocycles. The number of halogens is 6. The quantitative estimate of drug-likeness (QED) is 0.418. The molecule has 3 N–H and O–H groups in total. The molecule has 3 aromatic rings. The summed E-state index contributed by atoms with van der Waals surface area (Å²) in [6.45, 7) is 1.64. The maximum absolute atomic E-state index is 14.2. The number of aromatic nitrogens is 3. The maximum Gasteiger partial charge on any atom is 0.430 e. The van der Waals surface area contributed by atoms with E-state index < -0.39 is 69.8 Å². The fourth-order valence-corrected chi connectivity index (χ4v) is 4.00. The molecule has 0 fully saturated rings. The van der Waals surface area contributed by atoms with E-state index in [2.05, 4.69) is 15.2 Å². The predicted molar refractivity (Wildman–Crippen MR) is 108 cm³/mol. The molecule has 35 heavy (non-hydrogen) atoms. The molecule has 2 aromatic heterocycles. The van der Waals surface area contributed by atoms with E-state index in [-0.39, 0.29) is 12.8 Å². The van der Waals surface area contributed by atoms with Crippen molar-refractivity contribution in [1.82, 2.24) is 15.2 Å². The molecule has 0 aliphatic carbocycles. The molecule has 1 aliphatic rings. The second kappa shape index (κ2) is 8.23. The first-order chi connectivity index (χ1) is 16.3. The lowest BCUT2D eigenvalue weighted by Gasteiger charge is -2.28. The lowest BCUT2D eigenvalue weighted by atomic mass is 9.86. The standard InChI is InChI=1S/C22H17F6N5O2/c1-10-5-6-12(9-29)16-14(21(23,24)25)8-15(30)17(31-16)18-32-33-19(35-18)20(34,22(26,27)28)13-4-2-3-11(10)7-13/h2-4,7-8,10,12,34H,5-6,30H2,1H3. The molecule has 6 bridgehead atoms. The number of anilines is 1. The third-order valence-electron chi connectivity index (χ3n) is 5.98. The van der Waals surface area contributed by atoms with Gasteiger partial charge in [0.1, 0.15) is 0 Å². The molecule has 4 rings (SSSR count). The Hall–Kier alpha value is -3.66. The smallest absolute Gasteiger partial charge is 0.415 e. The van der Waals surface area contributed by atoms with E-state index in [1.54, 1.807) is 6.92 Å². The number of hydrogen-bond acceptors (Lipinski definition) is 7. The van der Waals surface area contributed by atoms with Gasteiger partial charge in [0.25, 0.3) is 17.4 Å². The van der Waals surface area contributed by atoms with Gasteiger partial charge in [0, 0.05) is 5.56 Å². The second-order valence-corrected chi connectivity index (χ2v) is 8.26. The van der Waals surface area contributed by atoms with Crippen molar-refractivity contribution < 1.29 is 35.9 Å². The third kappa shape index (κ3) is 4.07. The Bertz CT molecular complexity index is 1310. The largest absolute Gasteiger partial charge is 0.430 e. The van der Waals surface area contributed by atoms with Crippen molar-refractivity contribution in [3.63, 3.8) is 0 Å². The van der Waals surface area contributed by atoms with Gasteiger partial charge in [-0.3, -0.25) is 0 Å². The highest BCUT2D eigenvalue weighted by atomic mass is 19.4. The van der Waals surface area contributed by atoms with Crippen LogP contribution in [0, 0.1) is 11.3 Å². The van der Waals surface area contributed by atoms with Crippen molar-refractivity contribution >= 4 is 5.69 Å². The van der Waals surface area contributed by atoms with Gasteiger partial charge in [-0.25, -0.2) is 4.98 Å². The van der Waals surface area contributed by atoms with Crippen molar-refractivity contribution in [1.29, 1.82) is 5.26 Å². The van der Waals surface area contributed by atoms with Crippen LogP contribution in [0.5, 0.6) is 0 Å². The molecule has 0 amide bonds. The van der Waals surface area contributed by atoms with E-state index in [4.69, 9.17) is 10.2 Å². The highest BCUT2D eigenvalue weighted by Crippen LogP contribution is 2.46. The minimum Gasteiger partial charge on any atom is -0.415 e. The van der Waals surface area contributed by atoms with Gasteiger partial charge in [0.2, 0.25) is 0 Å². The van der Waals surface area contributed by atoms with E-state index in [0.29, 0.717) is 11.6 Å². The van der Waals surface area contributed by atoms with Gasteiger partial charge >= 0.3 is 12.4 Å². The Morgan fingerprint density at radius 2 is 1.86 bits per heavy atom. The van der Waals surface area contributed by atoms with Gasteiger partial charge in [-0.15, -0.1) is 10.2 Å². The average molecular weight is 497 g/mol. The summed E-state index contributed by atoms with van der Waals surface area (Å²) in [4.78, 5) is 3.86. The Kier molecular flexibility index (Phi) is 5.75. The van der Waals surface area contributed by atoms with Crippen LogP contribution < -0.4 is 5.73 Å². The zero-order valence-corrected chi connectivity index (χ0v) is 17.9. The molecule has 3 atom stereocenters. The van der Waals surface area contributed by atoms with Crippen molar-refractivity contribution in [2.45, 2.75) is 49.6 Å². The van der Waals surface area contributed by atoms with Crippen LogP contribution in [0.2, 0.25) is 0 Å². The summed E-state index contributed by atoms with van der Waals surface area (Å²) in [6, 6.07) is 7.32. The van der Waals surface area contributed by atoms with Crippen molar-refractivity contribution in [2.75, 3.05) is 5.73 Å². The van der Waals surface area contributed by atoms with Gasteiger partial charge in [-0.05, 0) is 30.4 Å². The Labute approximate surface area is 194 Å². The van der Waals surface area contributed by atoms with Crippen LogP contribution in [0.3, 0.4) is 0 Å². The van der Waals surface area contributed by atoms with E-state index in [9.17, 15) is 36.7 Å². The summed E-state index contributed by atoms with van der Waals surface area (Å²) in [7, 11) is 0. The van der Waals surface area contributed by atoms with E-state index in [1.807, 2.05) is 6.07 Å². The summed E-state index contributed by atoms with van der Waals surface area (Å²) in [5.74, 6) is -3.80. The normalized spacial score (nSPS) is 22.8. The Morgan fingerprint density at radius 3 is 2.49 bits per heavy atom. The first-order valence-corrected chi connectivity index (χ1v) is 10.3. The number of alkyl halides is 6. The Morgan fingerprint density at radius 1 is 1.14 bits per heavy atom. The molecule has 3 heterocycles. The van der Waals surface area contributed by atoms with Crippen LogP contribution >= 0.6 is 0 Å². The summed E-state index contributed by atoms with van der Waals surface area (Å²) in [5.41, 5.74) is -1.26. The predicted octanol–water partition coefficient (Wildman–Crippen LogP) is 5.04. The Balaban J connectivity index is 2.04. The third-order valence-corrected chi connectivity index (χ3v) is 5.98. The summed E-state index contributed by atoms with van der Waals surface area (Å²) in [5, 5.41) is 27.3. The molecule has 7 nitrogen and oxygen atoms in total. The molecular formula is C22H17F6N5O2. The summed E-state index contributed by atoms with van der Waals surface area (Å²) in [6.07, 6.45) is -10.2. The molecule has 184 valence electrons. The number of aliphatic hydroxyl groups is 1. The fraction of sp³-hybridized carbons (Fsp3) is 0.364. The molecular weight excluding hydrogens is 480 g/mol. The number of fused-ring (bicyclic) bond motifs is 7.